The van der Waals surface area contributed by atoms with Crippen molar-refractivity contribution in [2.45, 2.75) is 23.8 Å². The minimum Gasteiger partial charge on any atom is -0.493 e. The van der Waals surface area contributed by atoms with E-state index in [4.69, 9.17) is 9.47 Å². The third-order valence-electron chi connectivity index (χ3n) is 4.90. The third-order valence-corrected chi connectivity index (χ3v) is 5.29. The van der Waals surface area contributed by atoms with E-state index in [1.807, 2.05) is 12.1 Å². The van der Waals surface area contributed by atoms with Crippen LogP contribution in [0.3, 0.4) is 0 Å². The first kappa shape index (κ1) is 20.1. The Bertz CT molecular complexity index is 863. The zero-order valence-corrected chi connectivity index (χ0v) is 16.9. The molecule has 0 radical (unpaired) electrons. The van der Waals surface area contributed by atoms with Crippen LogP contribution in [-0.4, -0.2) is 50.1 Å². The number of ether oxygens (including phenoxy) is 2. The number of carbonyl (C=O) groups excluding carboxylic acids is 2. The number of rotatable bonds is 5. The first-order valence-corrected chi connectivity index (χ1v) is 9.58. The maximum Gasteiger partial charge on any atom is 0.253 e. The number of piperidine rings is 1. The Hall–Kier alpha value is -2.67. The van der Waals surface area contributed by atoms with Crippen LogP contribution in [0.1, 0.15) is 33.6 Å². The summed E-state index contributed by atoms with van der Waals surface area (Å²) in [6, 6.07) is 12.4. The Morgan fingerprint density at radius 2 is 1.71 bits per heavy atom. The lowest BCUT2D eigenvalue weighted by Crippen LogP contribution is -2.46. The normalized spacial score (nSPS) is 14.5. The number of hydrogen-bond donors (Lipinski definition) is 2. The van der Waals surface area contributed by atoms with Gasteiger partial charge in [-0.1, -0.05) is 12.1 Å². The van der Waals surface area contributed by atoms with Crippen LogP contribution >= 0.6 is 12.6 Å². The van der Waals surface area contributed by atoms with Crippen molar-refractivity contribution in [1.82, 2.24) is 10.2 Å². The van der Waals surface area contributed by atoms with Crippen LogP contribution in [0.5, 0.6) is 11.5 Å². The van der Waals surface area contributed by atoms with E-state index >= 15 is 0 Å². The zero-order valence-electron chi connectivity index (χ0n) is 16.0. The minimum absolute atomic E-state index is 0.0369. The van der Waals surface area contributed by atoms with Crippen molar-refractivity contribution in [3.8, 4) is 11.5 Å². The summed E-state index contributed by atoms with van der Waals surface area (Å²) in [7, 11) is 3.10. The fourth-order valence-corrected chi connectivity index (χ4v) is 3.57. The molecule has 2 aromatic rings. The molecule has 1 N–H and O–H groups in total. The number of thiol groups is 1. The van der Waals surface area contributed by atoms with Crippen molar-refractivity contribution < 1.29 is 19.1 Å². The fourth-order valence-electron chi connectivity index (χ4n) is 3.31. The maximum atomic E-state index is 12.8. The van der Waals surface area contributed by atoms with Crippen LogP contribution in [0.2, 0.25) is 0 Å². The molecule has 1 heterocycles. The summed E-state index contributed by atoms with van der Waals surface area (Å²) < 4.78 is 10.5. The quantitative estimate of drug-likeness (QED) is 0.757. The molecule has 3 rings (SSSR count). The van der Waals surface area contributed by atoms with Crippen LogP contribution in [0.4, 0.5) is 0 Å². The van der Waals surface area contributed by atoms with Gasteiger partial charge in [0.2, 0.25) is 0 Å². The van der Waals surface area contributed by atoms with Crippen LogP contribution < -0.4 is 14.8 Å². The van der Waals surface area contributed by atoms with E-state index < -0.39 is 0 Å². The number of benzene rings is 2. The van der Waals surface area contributed by atoms with Gasteiger partial charge in [-0.05, 0) is 43.2 Å². The van der Waals surface area contributed by atoms with Crippen LogP contribution in [0.15, 0.2) is 47.4 Å². The number of nitrogens with zero attached hydrogens (tertiary/aromatic N) is 1. The third kappa shape index (κ3) is 4.42. The average Bonchev–Trinajstić information content (AvgIpc) is 2.73. The molecule has 7 heteroatoms. The Morgan fingerprint density at radius 1 is 1.04 bits per heavy atom. The lowest BCUT2D eigenvalue weighted by atomic mass is 10.0. The van der Waals surface area contributed by atoms with Crippen molar-refractivity contribution >= 4 is 24.4 Å². The second-order valence-corrected chi connectivity index (χ2v) is 7.11. The summed E-state index contributed by atoms with van der Waals surface area (Å²) in [5, 5.41) is 3.05. The van der Waals surface area contributed by atoms with Gasteiger partial charge in [0.1, 0.15) is 0 Å². The van der Waals surface area contributed by atoms with Crippen molar-refractivity contribution in [2.24, 2.45) is 0 Å². The van der Waals surface area contributed by atoms with Gasteiger partial charge in [0.25, 0.3) is 11.8 Å². The topological polar surface area (TPSA) is 67.9 Å². The summed E-state index contributed by atoms with van der Waals surface area (Å²) in [6.45, 7) is 1.17. The van der Waals surface area contributed by atoms with Crippen molar-refractivity contribution in [3.63, 3.8) is 0 Å². The molecule has 0 atom stereocenters. The first-order valence-electron chi connectivity index (χ1n) is 9.13. The summed E-state index contributed by atoms with van der Waals surface area (Å²) in [4.78, 5) is 27.7. The number of carbonyl (C=O) groups is 2. The van der Waals surface area contributed by atoms with E-state index in [0.29, 0.717) is 53.5 Å². The lowest BCUT2D eigenvalue weighted by Gasteiger charge is -2.32. The molecule has 0 saturated carbocycles. The number of nitrogens with one attached hydrogen (secondary N) is 1. The van der Waals surface area contributed by atoms with Gasteiger partial charge in [0.15, 0.2) is 11.5 Å². The second kappa shape index (κ2) is 9.01. The average molecular weight is 401 g/mol. The number of likely N-dealkylation sites (tertiary alicyclic amines) is 1. The van der Waals surface area contributed by atoms with Crippen molar-refractivity contribution in [3.05, 3.63) is 53.6 Å². The van der Waals surface area contributed by atoms with Gasteiger partial charge >= 0.3 is 0 Å². The molecule has 0 aliphatic carbocycles. The first-order chi connectivity index (χ1) is 13.5. The highest BCUT2D eigenvalue weighted by atomic mass is 32.1. The fraction of sp³-hybridized carbons (Fsp3) is 0.333. The predicted molar refractivity (Wildman–Crippen MR) is 110 cm³/mol. The second-order valence-electron chi connectivity index (χ2n) is 6.63. The molecule has 2 aromatic carbocycles. The number of methoxy groups -OCH3 is 2. The van der Waals surface area contributed by atoms with Crippen molar-refractivity contribution in [2.75, 3.05) is 27.3 Å². The molecule has 0 spiro atoms. The van der Waals surface area contributed by atoms with E-state index in [0.717, 1.165) is 0 Å². The molecule has 0 bridgehead atoms. The Kier molecular flexibility index (Phi) is 6.46. The molecule has 28 heavy (non-hydrogen) atoms. The van der Waals surface area contributed by atoms with Gasteiger partial charge in [-0.25, -0.2) is 0 Å². The highest BCUT2D eigenvalue weighted by Gasteiger charge is 2.25. The van der Waals surface area contributed by atoms with Gasteiger partial charge in [-0.15, -0.1) is 12.6 Å². The smallest absolute Gasteiger partial charge is 0.253 e. The molecule has 1 fully saturated rings. The highest BCUT2D eigenvalue weighted by molar-refractivity contribution is 7.80. The van der Waals surface area contributed by atoms with Gasteiger partial charge < -0.3 is 19.7 Å². The number of amides is 2. The van der Waals surface area contributed by atoms with E-state index in [1.165, 1.54) is 0 Å². The molecule has 1 saturated heterocycles. The minimum atomic E-state index is -0.129. The molecular weight excluding hydrogens is 376 g/mol. The standard InChI is InChI=1S/C21H24N2O4S/c1-26-17-8-7-14(13-18(17)27-2)21(25)23-11-9-15(10-12-23)22-20(24)16-5-3-4-6-19(16)28/h3-8,13,15,28H,9-12H2,1-2H3,(H,22,24). The Morgan fingerprint density at radius 3 is 2.36 bits per heavy atom. The lowest BCUT2D eigenvalue weighted by molar-refractivity contribution is 0.0697. The van der Waals surface area contributed by atoms with E-state index in [2.05, 4.69) is 17.9 Å². The largest absolute Gasteiger partial charge is 0.493 e. The molecule has 0 aromatic heterocycles. The summed E-state index contributed by atoms with van der Waals surface area (Å²) in [6.07, 6.45) is 1.42. The Balaban J connectivity index is 1.58. The zero-order chi connectivity index (χ0) is 20.1. The molecule has 1 aliphatic heterocycles. The van der Waals surface area contributed by atoms with Gasteiger partial charge in [-0.3, -0.25) is 9.59 Å². The van der Waals surface area contributed by atoms with Crippen LogP contribution in [0, 0.1) is 0 Å². The molecule has 148 valence electrons. The van der Waals surface area contributed by atoms with Gasteiger partial charge in [-0.2, -0.15) is 0 Å². The molecule has 0 unspecified atom stereocenters. The number of hydrogen-bond acceptors (Lipinski definition) is 5. The van der Waals surface area contributed by atoms with Gasteiger partial charge in [0, 0.05) is 29.6 Å². The van der Waals surface area contributed by atoms with Gasteiger partial charge in [0.05, 0.1) is 19.8 Å². The van der Waals surface area contributed by atoms with E-state index in [-0.39, 0.29) is 17.9 Å². The molecule has 1 aliphatic rings. The SMILES string of the molecule is COc1ccc(C(=O)N2CCC(NC(=O)c3ccccc3S)CC2)cc1OC. The molecule has 6 nitrogen and oxygen atoms in total. The monoisotopic (exact) mass is 400 g/mol. The summed E-state index contributed by atoms with van der Waals surface area (Å²) >= 11 is 4.33. The molecular formula is C21H24N2O4S. The highest BCUT2D eigenvalue weighted by Crippen LogP contribution is 2.28. The van der Waals surface area contributed by atoms with Crippen LogP contribution in [-0.2, 0) is 0 Å². The maximum absolute atomic E-state index is 12.8. The summed E-state index contributed by atoms with van der Waals surface area (Å²) in [5.74, 6) is 0.938. The van der Waals surface area contributed by atoms with Crippen LogP contribution in [0.25, 0.3) is 0 Å². The van der Waals surface area contributed by atoms with Crippen molar-refractivity contribution in [1.29, 1.82) is 0 Å². The summed E-state index contributed by atoms with van der Waals surface area (Å²) in [5.41, 5.74) is 1.12. The van der Waals surface area contributed by atoms with E-state index in [1.54, 1.807) is 49.5 Å². The van der Waals surface area contributed by atoms with E-state index in [9.17, 15) is 9.59 Å². The Labute approximate surface area is 170 Å². The molecule has 2 amide bonds. The predicted octanol–water partition coefficient (Wildman–Crippen LogP) is 3.03.